The molecule has 11 heavy (non-hydrogen) atoms. The van der Waals surface area contributed by atoms with Crippen LogP contribution in [0.25, 0.3) is 0 Å². The lowest BCUT2D eigenvalue weighted by atomic mass is 10.4. The van der Waals surface area contributed by atoms with Crippen molar-refractivity contribution in [2.24, 2.45) is 5.73 Å². The van der Waals surface area contributed by atoms with Crippen molar-refractivity contribution in [2.75, 3.05) is 25.9 Å². The molecule has 0 spiro atoms. The summed E-state index contributed by atoms with van der Waals surface area (Å²) in [5.74, 6) is 1.16. The number of nitrogens with zero attached hydrogens (tertiary/aromatic N) is 1. The van der Waals surface area contributed by atoms with Gasteiger partial charge in [-0.25, -0.2) is 0 Å². The summed E-state index contributed by atoms with van der Waals surface area (Å²) in [5.41, 5.74) is 5.34. The Morgan fingerprint density at radius 3 is 3.00 bits per heavy atom. The van der Waals surface area contributed by atoms with Gasteiger partial charge in [0, 0.05) is 25.9 Å². The Bertz CT molecular complexity index is 151. The summed E-state index contributed by atoms with van der Waals surface area (Å²) in [6.07, 6.45) is 0.986. The van der Waals surface area contributed by atoms with E-state index < -0.39 is 0 Å². The second-order valence-corrected chi connectivity index (χ2v) is 4.01. The van der Waals surface area contributed by atoms with Gasteiger partial charge in [-0.1, -0.05) is 0 Å². The van der Waals surface area contributed by atoms with Gasteiger partial charge in [0.05, 0.1) is 5.25 Å². The first-order chi connectivity index (χ1) is 5.25. The highest BCUT2D eigenvalue weighted by molar-refractivity contribution is 8.00. The maximum absolute atomic E-state index is 11.3. The summed E-state index contributed by atoms with van der Waals surface area (Å²) in [5, 5.41) is 0.184. The molecule has 0 aromatic rings. The van der Waals surface area contributed by atoms with Gasteiger partial charge in [0.15, 0.2) is 0 Å². The molecular weight excluding hydrogens is 160 g/mol. The summed E-state index contributed by atoms with van der Waals surface area (Å²) in [7, 11) is 1.85. The van der Waals surface area contributed by atoms with E-state index in [1.807, 2.05) is 7.05 Å². The van der Waals surface area contributed by atoms with Crippen LogP contribution in [0.2, 0.25) is 0 Å². The number of hydrogen-bond donors (Lipinski definition) is 1. The average Bonchev–Trinajstić information content (AvgIpc) is 2.31. The van der Waals surface area contributed by atoms with E-state index in [1.165, 1.54) is 0 Å². The van der Waals surface area contributed by atoms with Crippen molar-refractivity contribution >= 4 is 17.7 Å². The first kappa shape index (κ1) is 8.87. The Morgan fingerprint density at radius 2 is 2.55 bits per heavy atom. The molecule has 1 heterocycles. The molecule has 1 aliphatic rings. The van der Waals surface area contributed by atoms with Gasteiger partial charge in [0.1, 0.15) is 0 Å². The topological polar surface area (TPSA) is 46.3 Å². The molecule has 1 fully saturated rings. The normalized spacial score (nSPS) is 24.7. The van der Waals surface area contributed by atoms with Gasteiger partial charge in [-0.2, -0.15) is 0 Å². The third-order valence-electron chi connectivity index (χ3n) is 1.82. The highest BCUT2D eigenvalue weighted by Crippen LogP contribution is 2.21. The summed E-state index contributed by atoms with van der Waals surface area (Å²) in [6, 6.07) is 0. The zero-order chi connectivity index (χ0) is 8.27. The summed E-state index contributed by atoms with van der Waals surface area (Å²) in [6.45, 7) is 1.57. The van der Waals surface area contributed by atoms with E-state index in [0.29, 0.717) is 6.54 Å². The molecule has 0 saturated carbocycles. The molecule has 1 amide bonds. The fourth-order valence-electron chi connectivity index (χ4n) is 1.16. The fraction of sp³-hybridized carbons (Fsp3) is 0.857. The molecule has 0 bridgehead atoms. The lowest BCUT2D eigenvalue weighted by molar-refractivity contribution is -0.126. The van der Waals surface area contributed by atoms with Crippen LogP contribution < -0.4 is 5.73 Å². The van der Waals surface area contributed by atoms with Crippen LogP contribution >= 0.6 is 11.8 Å². The van der Waals surface area contributed by atoms with Gasteiger partial charge >= 0.3 is 0 Å². The van der Waals surface area contributed by atoms with Gasteiger partial charge in [0.2, 0.25) is 5.91 Å². The molecule has 64 valence electrons. The molecule has 4 heteroatoms. The van der Waals surface area contributed by atoms with Crippen molar-refractivity contribution in [3.8, 4) is 0 Å². The van der Waals surface area contributed by atoms with Crippen LogP contribution in [0, 0.1) is 0 Å². The average molecular weight is 174 g/mol. The maximum atomic E-state index is 11.3. The van der Waals surface area contributed by atoms with Crippen molar-refractivity contribution in [2.45, 2.75) is 11.7 Å². The van der Waals surface area contributed by atoms with Crippen LogP contribution in [-0.4, -0.2) is 41.9 Å². The monoisotopic (exact) mass is 174 g/mol. The van der Waals surface area contributed by atoms with E-state index in [0.717, 1.165) is 18.7 Å². The number of hydrogen-bond acceptors (Lipinski definition) is 3. The van der Waals surface area contributed by atoms with E-state index in [9.17, 15) is 4.79 Å². The summed E-state index contributed by atoms with van der Waals surface area (Å²) in [4.78, 5) is 13.1. The molecule has 1 rings (SSSR count). The Hall–Kier alpha value is -0.220. The van der Waals surface area contributed by atoms with Crippen molar-refractivity contribution in [3.63, 3.8) is 0 Å². The Morgan fingerprint density at radius 1 is 1.82 bits per heavy atom. The molecule has 0 aromatic heterocycles. The molecule has 3 nitrogen and oxygen atoms in total. The van der Waals surface area contributed by atoms with E-state index in [2.05, 4.69) is 0 Å². The van der Waals surface area contributed by atoms with Gasteiger partial charge in [-0.05, 0) is 6.42 Å². The van der Waals surface area contributed by atoms with Crippen LogP contribution in [0.3, 0.4) is 0 Å². The Labute approximate surface area is 71.3 Å². The maximum Gasteiger partial charge on any atom is 0.235 e. The predicted octanol–water partition coefficient (Wildman–Crippen LogP) is -0.0910. The highest BCUT2D eigenvalue weighted by atomic mass is 32.2. The second kappa shape index (κ2) is 3.97. The second-order valence-electron chi connectivity index (χ2n) is 2.70. The SMILES string of the molecule is CN1CCC(SCCN)C1=O. The smallest absolute Gasteiger partial charge is 0.235 e. The number of carbonyl (C=O) groups is 1. The number of amides is 1. The predicted molar refractivity (Wildman–Crippen MR) is 47.6 cm³/mol. The molecular formula is C7H14N2OS. The van der Waals surface area contributed by atoms with Crippen LogP contribution in [0.1, 0.15) is 6.42 Å². The molecule has 0 radical (unpaired) electrons. The molecule has 2 N–H and O–H groups in total. The Balaban J connectivity index is 2.30. The minimum atomic E-state index is 0.184. The van der Waals surface area contributed by atoms with Crippen molar-refractivity contribution in [1.29, 1.82) is 0 Å². The minimum absolute atomic E-state index is 0.184. The molecule has 1 aliphatic heterocycles. The van der Waals surface area contributed by atoms with Crippen LogP contribution in [-0.2, 0) is 4.79 Å². The summed E-state index contributed by atoms with van der Waals surface area (Å²) >= 11 is 1.68. The first-order valence-corrected chi connectivity index (χ1v) is 4.87. The molecule has 1 saturated heterocycles. The quantitative estimate of drug-likeness (QED) is 0.650. The first-order valence-electron chi connectivity index (χ1n) is 3.82. The van der Waals surface area contributed by atoms with Crippen LogP contribution in [0.4, 0.5) is 0 Å². The lowest BCUT2D eigenvalue weighted by Gasteiger charge is -2.08. The zero-order valence-electron chi connectivity index (χ0n) is 6.75. The Kier molecular flexibility index (Phi) is 3.20. The van der Waals surface area contributed by atoms with Crippen molar-refractivity contribution in [3.05, 3.63) is 0 Å². The third kappa shape index (κ3) is 2.10. The standard InChI is InChI=1S/C7H14N2OS/c1-9-4-2-6(7(9)10)11-5-3-8/h6H,2-5,8H2,1H3. The van der Waals surface area contributed by atoms with Gasteiger partial charge in [0.25, 0.3) is 0 Å². The van der Waals surface area contributed by atoms with E-state index in [4.69, 9.17) is 5.73 Å². The van der Waals surface area contributed by atoms with Crippen LogP contribution in [0.15, 0.2) is 0 Å². The fourth-order valence-corrected chi connectivity index (χ4v) is 2.17. The van der Waals surface area contributed by atoms with E-state index in [1.54, 1.807) is 16.7 Å². The van der Waals surface area contributed by atoms with Gasteiger partial charge < -0.3 is 10.6 Å². The molecule has 0 aromatic carbocycles. The van der Waals surface area contributed by atoms with E-state index >= 15 is 0 Å². The van der Waals surface area contributed by atoms with Gasteiger partial charge in [-0.15, -0.1) is 11.8 Å². The number of rotatable bonds is 3. The number of carbonyl (C=O) groups excluding carboxylic acids is 1. The minimum Gasteiger partial charge on any atom is -0.345 e. The summed E-state index contributed by atoms with van der Waals surface area (Å²) < 4.78 is 0. The molecule has 1 atom stereocenters. The number of likely N-dealkylation sites (tertiary alicyclic amines) is 1. The largest absolute Gasteiger partial charge is 0.345 e. The zero-order valence-corrected chi connectivity index (χ0v) is 7.56. The lowest BCUT2D eigenvalue weighted by Crippen LogP contribution is -2.24. The van der Waals surface area contributed by atoms with E-state index in [-0.39, 0.29) is 11.2 Å². The van der Waals surface area contributed by atoms with Crippen molar-refractivity contribution < 1.29 is 4.79 Å². The molecule has 1 unspecified atom stereocenters. The number of thioether (sulfide) groups is 1. The van der Waals surface area contributed by atoms with Crippen LogP contribution in [0.5, 0.6) is 0 Å². The highest BCUT2D eigenvalue weighted by Gasteiger charge is 2.28. The van der Waals surface area contributed by atoms with Crippen molar-refractivity contribution in [1.82, 2.24) is 4.90 Å². The molecule has 0 aliphatic carbocycles. The number of nitrogens with two attached hydrogens (primary N) is 1. The van der Waals surface area contributed by atoms with Gasteiger partial charge in [-0.3, -0.25) is 4.79 Å². The third-order valence-corrected chi connectivity index (χ3v) is 3.13.